The summed E-state index contributed by atoms with van der Waals surface area (Å²) >= 11 is 1.63. The summed E-state index contributed by atoms with van der Waals surface area (Å²) in [6.45, 7) is 2.06. The van der Waals surface area contributed by atoms with Crippen molar-refractivity contribution in [1.82, 2.24) is 4.98 Å². The predicted octanol–water partition coefficient (Wildman–Crippen LogP) is 3.86. The smallest absolute Gasteiger partial charge is 0.310 e. The minimum atomic E-state index is -1.01. The van der Waals surface area contributed by atoms with E-state index in [1.807, 2.05) is 36.4 Å². The van der Waals surface area contributed by atoms with Gasteiger partial charge in [0.25, 0.3) is 0 Å². The molecule has 0 aliphatic carbocycles. The molecule has 5 rings (SSSR count). The number of fused-ring (bicyclic) bond motifs is 3. The fourth-order valence-electron chi connectivity index (χ4n) is 3.99. The second-order valence-corrected chi connectivity index (χ2v) is 8.43. The Bertz CT molecular complexity index is 1150. The molecule has 4 atom stereocenters. The molecule has 3 aromatic rings. The lowest BCUT2D eigenvalue weighted by molar-refractivity contribution is -0.145. The maximum atomic E-state index is 12.7. The van der Waals surface area contributed by atoms with Crippen LogP contribution < -0.4 is 5.32 Å². The van der Waals surface area contributed by atoms with Crippen molar-refractivity contribution in [2.45, 2.75) is 19.1 Å². The normalized spacial score (nSPS) is 24.9. The maximum absolute atomic E-state index is 12.7. The van der Waals surface area contributed by atoms with Gasteiger partial charge in [-0.05, 0) is 48.9 Å². The van der Waals surface area contributed by atoms with E-state index in [2.05, 4.69) is 23.3 Å². The molecule has 0 unspecified atom stereocenters. The number of carboxylic acid groups (broad SMARTS) is 1. The summed E-state index contributed by atoms with van der Waals surface area (Å²) < 4.78 is 6.71. The van der Waals surface area contributed by atoms with Crippen molar-refractivity contribution in [2.24, 2.45) is 11.8 Å². The Kier molecular flexibility index (Phi) is 4.22. The molecule has 2 aliphatic rings. The number of nitrogens with one attached hydrogen (secondary N) is 1. The van der Waals surface area contributed by atoms with E-state index >= 15 is 0 Å². The molecule has 1 saturated heterocycles. The maximum Gasteiger partial charge on any atom is 0.310 e. The van der Waals surface area contributed by atoms with Gasteiger partial charge in [-0.2, -0.15) is 0 Å². The lowest BCUT2D eigenvalue weighted by atomic mass is 9.82. The van der Waals surface area contributed by atoms with Gasteiger partial charge in [0.1, 0.15) is 10.9 Å². The second kappa shape index (κ2) is 6.79. The minimum absolute atomic E-state index is 0.336. The van der Waals surface area contributed by atoms with Crippen LogP contribution >= 0.6 is 11.3 Å². The molecule has 0 radical (unpaired) electrons. The van der Waals surface area contributed by atoms with E-state index in [-0.39, 0.29) is 5.91 Å². The van der Waals surface area contributed by atoms with Gasteiger partial charge < -0.3 is 15.2 Å². The Morgan fingerprint density at radius 2 is 1.79 bits per heavy atom. The zero-order valence-electron chi connectivity index (χ0n) is 15.5. The number of carbonyl (C=O) groups excluding carboxylic acids is 1. The molecule has 29 heavy (non-hydrogen) atoms. The predicted molar refractivity (Wildman–Crippen MR) is 111 cm³/mol. The first-order chi connectivity index (χ1) is 14.0. The average Bonchev–Trinajstić information content (AvgIpc) is 3.42. The van der Waals surface area contributed by atoms with Gasteiger partial charge in [0.2, 0.25) is 5.91 Å². The van der Waals surface area contributed by atoms with Crippen LogP contribution in [0.1, 0.15) is 5.56 Å². The third-order valence-corrected chi connectivity index (χ3v) is 6.50. The fraction of sp³-hybridized carbons (Fsp3) is 0.227. The standard InChI is InChI=1S/C22H18N2O4S/c1-11-2-7-14-17(10-11)29-21(24-14)12-3-5-13(6-4-12)23-20(25)18-15-8-9-16(28-15)19(18)22(26)27/h2-10,15-16,18-19H,1H3,(H,23,25)(H,26,27)/t15-,16-,18-,19+/m1/s1. The van der Waals surface area contributed by atoms with Crippen LogP contribution in [0.5, 0.6) is 0 Å². The fourth-order valence-corrected chi connectivity index (χ4v) is 5.06. The highest BCUT2D eigenvalue weighted by Crippen LogP contribution is 2.40. The van der Waals surface area contributed by atoms with Crippen LogP contribution in [0.2, 0.25) is 0 Å². The zero-order chi connectivity index (χ0) is 20.1. The van der Waals surface area contributed by atoms with Gasteiger partial charge in [-0.3, -0.25) is 9.59 Å². The molecular weight excluding hydrogens is 388 g/mol. The Hall–Kier alpha value is -3.03. The average molecular weight is 406 g/mol. The number of ether oxygens (including phenoxy) is 1. The first-order valence-corrected chi connectivity index (χ1v) is 10.2. The molecule has 0 saturated carbocycles. The summed E-state index contributed by atoms with van der Waals surface area (Å²) in [5, 5.41) is 13.2. The van der Waals surface area contributed by atoms with Crippen LogP contribution in [0.15, 0.2) is 54.6 Å². The molecule has 2 bridgehead atoms. The van der Waals surface area contributed by atoms with E-state index in [0.717, 1.165) is 20.8 Å². The highest BCUT2D eigenvalue weighted by atomic mass is 32.1. The first kappa shape index (κ1) is 18.0. The SMILES string of the molecule is Cc1ccc2nc(-c3ccc(NC(=O)[C@H]4[C@@H](C(=O)O)[C@H]5C=C[C@H]4O5)cc3)sc2c1. The zero-order valence-corrected chi connectivity index (χ0v) is 16.3. The van der Waals surface area contributed by atoms with Gasteiger partial charge in [0.05, 0.1) is 28.3 Å². The molecule has 2 N–H and O–H groups in total. The summed E-state index contributed by atoms with van der Waals surface area (Å²) in [4.78, 5) is 29.0. The summed E-state index contributed by atoms with van der Waals surface area (Å²) in [7, 11) is 0. The van der Waals surface area contributed by atoms with Crippen molar-refractivity contribution >= 4 is 39.1 Å². The van der Waals surface area contributed by atoms with E-state index in [4.69, 9.17) is 4.74 Å². The summed E-state index contributed by atoms with van der Waals surface area (Å²) in [5.41, 5.74) is 3.75. The van der Waals surface area contributed by atoms with Crippen molar-refractivity contribution in [3.63, 3.8) is 0 Å². The van der Waals surface area contributed by atoms with Crippen molar-refractivity contribution in [2.75, 3.05) is 5.32 Å². The van der Waals surface area contributed by atoms with E-state index < -0.39 is 30.0 Å². The quantitative estimate of drug-likeness (QED) is 0.642. The number of hydrogen-bond donors (Lipinski definition) is 2. The van der Waals surface area contributed by atoms with Gasteiger partial charge in [0.15, 0.2) is 0 Å². The second-order valence-electron chi connectivity index (χ2n) is 7.40. The number of nitrogens with zero attached hydrogens (tertiary/aromatic N) is 1. The molecular formula is C22H18N2O4S. The topological polar surface area (TPSA) is 88.5 Å². The molecule has 146 valence electrons. The van der Waals surface area contributed by atoms with E-state index in [1.54, 1.807) is 23.5 Å². The number of anilines is 1. The number of carboxylic acids is 1. The molecule has 6 nitrogen and oxygen atoms in total. The Labute approximate surface area is 170 Å². The van der Waals surface area contributed by atoms with Crippen molar-refractivity contribution in [3.05, 3.63) is 60.2 Å². The van der Waals surface area contributed by atoms with Crippen molar-refractivity contribution < 1.29 is 19.4 Å². The number of hydrogen-bond acceptors (Lipinski definition) is 5. The van der Waals surface area contributed by atoms with E-state index in [9.17, 15) is 14.7 Å². The van der Waals surface area contributed by atoms with Gasteiger partial charge in [0, 0.05) is 11.3 Å². The van der Waals surface area contributed by atoms with Crippen LogP contribution in [-0.4, -0.2) is 34.2 Å². The van der Waals surface area contributed by atoms with Gasteiger partial charge in [-0.25, -0.2) is 4.98 Å². The van der Waals surface area contributed by atoms with Gasteiger partial charge in [-0.1, -0.05) is 18.2 Å². The first-order valence-electron chi connectivity index (χ1n) is 9.35. The summed E-state index contributed by atoms with van der Waals surface area (Å²) in [5.74, 6) is -2.92. The highest BCUT2D eigenvalue weighted by molar-refractivity contribution is 7.21. The lowest BCUT2D eigenvalue weighted by Gasteiger charge is -2.21. The molecule has 7 heteroatoms. The third kappa shape index (κ3) is 3.12. The van der Waals surface area contributed by atoms with Crippen LogP contribution in [-0.2, 0) is 14.3 Å². The van der Waals surface area contributed by atoms with E-state index in [1.165, 1.54) is 5.56 Å². The number of aliphatic carboxylic acids is 1. The third-order valence-electron chi connectivity index (χ3n) is 5.43. The van der Waals surface area contributed by atoms with Crippen molar-refractivity contribution in [3.8, 4) is 10.6 Å². The number of benzene rings is 2. The Balaban J connectivity index is 1.34. The number of thiazole rings is 1. The highest BCUT2D eigenvalue weighted by Gasteiger charge is 2.53. The van der Waals surface area contributed by atoms with Crippen LogP contribution in [0, 0.1) is 18.8 Å². The minimum Gasteiger partial charge on any atom is -0.481 e. The molecule has 2 aliphatic heterocycles. The Morgan fingerprint density at radius 3 is 2.52 bits per heavy atom. The molecule has 0 spiro atoms. The number of amides is 1. The largest absolute Gasteiger partial charge is 0.481 e. The molecule has 1 fully saturated rings. The monoisotopic (exact) mass is 406 g/mol. The summed E-state index contributed by atoms with van der Waals surface area (Å²) in [6, 6.07) is 13.6. The number of aryl methyl sites for hydroxylation is 1. The number of aromatic nitrogens is 1. The van der Waals surface area contributed by atoms with Gasteiger partial charge >= 0.3 is 5.97 Å². The summed E-state index contributed by atoms with van der Waals surface area (Å²) in [6.07, 6.45) is 2.48. The van der Waals surface area contributed by atoms with Crippen LogP contribution in [0.25, 0.3) is 20.8 Å². The molecule has 1 aromatic heterocycles. The van der Waals surface area contributed by atoms with E-state index in [0.29, 0.717) is 5.69 Å². The molecule has 2 aromatic carbocycles. The van der Waals surface area contributed by atoms with Gasteiger partial charge in [-0.15, -0.1) is 11.3 Å². The van der Waals surface area contributed by atoms with Crippen LogP contribution in [0.4, 0.5) is 5.69 Å². The number of carbonyl (C=O) groups is 2. The Morgan fingerprint density at radius 1 is 1.07 bits per heavy atom. The van der Waals surface area contributed by atoms with Crippen molar-refractivity contribution in [1.29, 1.82) is 0 Å². The lowest BCUT2D eigenvalue weighted by Crippen LogP contribution is -2.39. The van der Waals surface area contributed by atoms with Crippen LogP contribution in [0.3, 0.4) is 0 Å². The molecule has 1 amide bonds. The number of rotatable bonds is 4. The molecule has 3 heterocycles.